The van der Waals surface area contributed by atoms with Gasteiger partial charge in [-0.25, -0.2) is 26.4 Å². The number of sulfonamides is 1. The fraction of sp³-hybridized carbons (Fsp3) is 0.489. The molecule has 1 aromatic carbocycles. The fourth-order valence-electron chi connectivity index (χ4n) is 7.59. The quantitative estimate of drug-likeness (QED) is 0.0530. The molecule has 0 saturated carbocycles. The molecule has 3 aliphatic rings. The lowest BCUT2D eigenvalue weighted by Gasteiger charge is -2.23. The molecule has 4 amide bonds. The van der Waals surface area contributed by atoms with Gasteiger partial charge in [0, 0.05) is 47.8 Å². The van der Waals surface area contributed by atoms with Crippen molar-refractivity contribution in [2.45, 2.75) is 104 Å². The minimum absolute atomic E-state index is 0.0841. The van der Waals surface area contributed by atoms with E-state index in [0.29, 0.717) is 82.0 Å². The molecule has 0 unspecified atom stereocenters. The highest BCUT2D eigenvalue weighted by Gasteiger charge is 2.44. The molecule has 0 spiro atoms. The lowest BCUT2D eigenvalue weighted by molar-refractivity contribution is -0.169. The van der Waals surface area contributed by atoms with Gasteiger partial charge in [0.1, 0.15) is 8.47 Å². The van der Waals surface area contributed by atoms with Crippen LogP contribution in [0, 0.1) is 13.8 Å². The Morgan fingerprint density at radius 2 is 1.74 bits per heavy atom. The van der Waals surface area contributed by atoms with Crippen LogP contribution in [0.4, 0.5) is 11.4 Å². The molecule has 3 aliphatic heterocycles. The molecule has 69 heavy (non-hydrogen) atoms. The second-order valence-electron chi connectivity index (χ2n) is 16.5. The highest BCUT2D eigenvalue weighted by atomic mass is 32.3. The Morgan fingerprint density at radius 3 is 2.41 bits per heavy atom. The lowest BCUT2D eigenvalue weighted by atomic mass is 10.0. The first-order chi connectivity index (χ1) is 32.5. The maximum atomic E-state index is 13.2. The number of amides is 4. The summed E-state index contributed by atoms with van der Waals surface area (Å²) in [6, 6.07) is 4.08. The van der Waals surface area contributed by atoms with Crippen LogP contribution in [0.1, 0.15) is 93.7 Å². The van der Waals surface area contributed by atoms with Gasteiger partial charge < -0.3 is 45.4 Å². The van der Waals surface area contributed by atoms with Gasteiger partial charge in [0.15, 0.2) is 34.4 Å². The second-order valence-corrected chi connectivity index (χ2v) is 22.0. The summed E-state index contributed by atoms with van der Waals surface area (Å²) in [6.07, 6.45) is -1.97. The van der Waals surface area contributed by atoms with Crippen LogP contribution in [-0.4, -0.2) is 138 Å². The smallest absolute Gasteiger partial charge is 0.335 e. The molecule has 21 nitrogen and oxygen atoms in total. The van der Waals surface area contributed by atoms with Crippen LogP contribution in [0.2, 0.25) is 0 Å². The number of aromatic amines is 1. The van der Waals surface area contributed by atoms with Gasteiger partial charge in [-0.1, -0.05) is 32.5 Å². The van der Waals surface area contributed by atoms with E-state index in [1.54, 1.807) is 45.0 Å². The third kappa shape index (κ3) is 13.2. The largest absolute Gasteiger partial charge is 0.452 e. The third-order valence-corrected chi connectivity index (χ3v) is 17.3. The van der Waals surface area contributed by atoms with E-state index in [4.69, 9.17) is 14.2 Å². The normalized spacial score (nSPS) is 19.2. The predicted octanol–water partition coefficient (Wildman–Crippen LogP) is 2.79. The van der Waals surface area contributed by atoms with E-state index in [9.17, 15) is 50.4 Å². The van der Waals surface area contributed by atoms with E-state index in [-0.39, 0.29) is 35.2 Å². The zero-order chi connectivity index (χ0) is 51.0. The Morgan fingerprint density at radius 1 is 1.03 bits per heavy atom. The summed E-state index contributed by atoms with van der Waals surface area (Å²) in [5.41, 5.74) is 4.50. The number of fused-ring (bicyclic) bond motifs is 1. The predicted molar refractivity (Wildman–Crippen MR) is 258 cm³/mol. The number of aryl methyl sites for hydroxylation is 1. The number of sulfone groups is 1. The number of carbonyl (C=O) groups excluding carboxylic acids is 7. The fourth-order valence-corrected chi connectivity index (χ4v) is 12.7. The van der Waals surface area contributed by atoms with Crippen LogP contribution in [0.15, 0.2) is 38.3 Å². The molecular formula is C45H59N7O14S3. The number of anilines is 2. The number of hydrogen-bond acceptors (Lipinski definition) is 17. The van der Waals surface area contributed by atoms with Gasteiger partial charge in [0.05, 0.1) is 35.5 Å². The number of thioether (sulfide) groups is 1. The Balaban J connectivity index is 1.08. The number of aromatic nitrogens is 1. The van der Waals surface area contributed by atoms with Gasteiger partial charge in [-0.2, -0.15) is 0 Å². The molecule has 5 atom stereocenters. The van der Waals surface area contributed by atoms with Crippen molar-refractivity contribution < 1.29 is 64.6 Å². The molecule has 4 heterocycles. The summed E-state index contributed by atoms with van der Waals surface area (Å²) in [6.45, 7) is 16.0. The number of hydrogen-bond donors (Lipinski definition) is 6. The number of carbonyl (C=O) groups is 7. The Hall–Kier alpha value is -5.66. The van der Waals surface area contributed by atoms with E-state index in [0.717, 1.165) is 20.0 Å². The number of nitrogens with one attached hydrogen (secondary N) is 6. The number of nitrogens with zero attached hydrogens (tertiary/aromatic N) is 1. The molecule has 2 aromatic rings. The van der Waals surface area contributed by atoms with E-state index in [2.05, 4.69) is 45.0 Å². The number of aldehydes is 1. The number of likely N-dealkylation sites (N-methyl/N-ethyl adjacent to an activating group) is 2. The van der Waals surface area contributed by atoms with Crippen molar-refractivity contribution in [2.75, 3.05) is 50.0 Å². The van der Waals surface area contributed by atoms with Crippen LogP contribution in [0.5, 0.6) is 0 Å². The molecule has 5 rings (SSSR count). The molecule has 0 fully saturated rings. The van der Waals surface area contributed by atoms with Crippen molar-refractivity contribution >= 4 is 96.5 Å². The Kier molecular flexibility index (Phi) is 18.3. The summed E-state index contributed by atoms with van der Waals surface area (Å²) in [7, 11) is -8.38. The maximum Gasteiger partial charge on any atom is 0.335 e. The van der Waals surface area contributed by atoms with Crippen molar-refractivity contribution in [3.63, 3.8) is 0 Å². The van der Waals surface area contributed by atoms with Gasteiger partial charge in [-0.15, -0.1) is 0 Å². The monoisotopic (exact) mass is 1020 g/mol. The van der Waals surface area contributed by atoms with E-state index in [1.165, 1.54) is 19.9 Å². The Labute approximate surface area is 405 Å². The maximum absolute atomic E-state index is 13.2. The molecule has 24 heteroatoms. The van der Waals surface area contributed by atoms with Crippen molar-refractivity contribution in [1.82, 2.24) is 25.2 Å². The number of rotatable bonds is 23. The number of H-pyrrole nitrogens is 1. The molecule has 0 radical (unpaired) electrons. The SMILES string of the molecule is CCN[C@H]1C=C(S(=O)(=O)NC(=O)[C@H](C)OC(=O)[C@H](C)OC[C@@H](C=O)OC(=O)CCC(=O)Nc2ccc3c(c2)/C(=C/c2[nH]c(C)c(C(=O)NCCN(CC)CC)c2C)C(=O)N3)SC2=C1C[C@H](C)S2(=O)=O. The van der Waals surface area contributed by atoms with Crippen LogP contribution in [0.3, 0.4) is 0 Å². The van der Waals surface area contributed by atoms with Gasteiger partial charge in [0.2, 0.25) is 5.91 Å². The molecule has 376 valence electrons. The molecule has 0 saturated heterocycles. The number of benzene rings is 1. The van der Waals surface area contributed by atoms with E-state index < -0.39 is 90.5 Å². The highest BCUT2D eigenvalue weighted by Crippen LogP contribution is 2.48. The van der Waals surface area contributed by atoms with Gasteiger partial charge in [-0.05, 0) is 102 Å². The molecule has 1 aromatic heterocycles. The molecular weight excluding hydrogens is 959 g/mol. The van der Waals surface area contributed by atoms with Crippen LogP contribution >= 0.6 is 11.8 Å². The van der Waals surface area contributed by atoms with Crippen molar-refractivity contribution in [2.24, 2.45) is 0 Å². The van der Waals surface area contributed by atoms with Crippen LogP contribution in [0.25, 0.3) is 11.6 Å². The first-order valence-corrected chi connectivity index (χ1v) is 26.2. The molecule has 6 N–H and O–H groups in total. The standard InChI is InChI=1S/C45H59N7O14S3/c1-9-46-36-21-39(67-45-33(36)18-24(4)68(45,60)61)69(62,63)51-41(56)27(7)65-44(59)28(8)64-23-30(22-53)66-38(55)15-14-37(54)49-29-12-13-34-31(19-29)32(42(57)50-34)20-35-25(5)40(26(6)48-35)43(58)47-16-17-52(10-2)11-3/h12-13,19-22,24,27-28,30,36,46,48H,9-11,14-18,23H2,1-8H3,(H,47,58)(H,49,54)(H,50,57)(H,51,56)/b32-20-/t24-,27-,28-,30+,36-/m0/s1. The first-order valence-electron chi connectivity index (χ1n) is 22.3. The summed E-state index contributed by atoms with van der Waals surface area (Å²) in [5.74, 6) is -4.50. The van der Waals surface area contributed by atoms with Crippen LogP contribution < -0.4 is 26.0 Å². The average molecular weight is 1020 g/mol. The Bertz CT molecular complexity index is 2690. The molecule has 0 aliphatic carbocycles. The minimum Gasteiger partial charge on any atom is -0.452 e. The first kappa shape index (κ1) is 54.3. The average Bonchev–Trinajstić information content (AvgIpc) is 3.86. The molecule has 0 bridgehead atoms. The zero-order valence-electron chi connectivity index (χ0n) is 39.6. The van der Waals surface area contributed by atoms with Gasteiger partial charge in [0.25, 0.3) is 27.7 Å². The number of ether oxygens (including phenoxy) is 3. The van der Waals surface area contributed by atoms with E-state index >= 15 is 0 Å². The summed E-state index contributed by atoms with van der Waals surface area (Å²) in [5, 5.41) is 10.7. The van der Waals surface area contributed by atoms with E-state index in [1.807, 2.05) is 4.72 Å². The number of esters is 2. The van der Waals surface area contributed by atoms with Crippen molar-refractivity contribution in [1.29, 1.82) is 0 Å². The summed E-state index contributed by atoms with van der Waals surface area (Å²) >= 11 is 0.525. The van der Waals surface area contributed by atoms with Gasteiger partial charge >= 0.3 is 11.9 Å². The summed E-state index contributed by atoms with van der Waals surface area (Å²) in [4.78, 5) is 94.5. The topological polar surface area (TPSA) is 295 Å². The highest BCUT2D eigenvalue weighted by molar-refractivity contribution is 8.28. The second kappa shape index (κ2) is 23.3. The van der Waals surface area contributed by atoms with Crippen molar-refractivity contribution in [3.8, 4) is 0 Å². The lowest BCUT2D eigenvalue weighted by Crippen LogP contribution is -2.42. The summed E-state index contributed by atoms with van der Waals surface area (Å²) < 4.78 is 69.2. The van der Waals surface area contributed by atoms with Crippen LogP contribution in [-0.2, 0) is 62.8 Å². The van der Waals surface area contributed by atoms with Crippen molar-refractivity contribution in [3.05, 3.63) is 66.4 Å². The zero-order valence-corrected chi connectivity index (χ0v) is 42.1. The third-order valence-electron chi connectivity index (χ3n) is 11.5. The minimum atomic E-state index is -4.60. The van der Waals surface area contributed by atoms with Gasteiger partial charge in [-0.3, -0.25) is 28.8 Å².